The average Bonchev–Trinajstić information content (AvgIpc) is 2.43. The minimum Gasteiger partial charge on any atom is -0.316 e. The molecule has 1 aromatic carbocycles. The van der Waals surface area contributed by atoms with Crippen LogP contribution in [0, 0.1) is 5.41 Å². The third-order valence-corrected chi connectivity index (χ3v) is 5.95. The van der Waals surface area contributed by atoms with Crippen molar-refractivity contribution >= 4 is 15.9 Å². The molecule has 0 radical (unpaired) electrons. The number of halogens is 1. The summed E-state index contributed by atoms with van der Waals surface area (Å²) < 4.78 is 1.28. The first kappa shape index (κ1) is 16.0. The van der Waals surface area contributed by atoms with Crippen LogP contribution in [-0.2, 0) is 5.41 Å². The highest BCUT2D eigenvalue weighted by atomic mass is 79.9. The second-order valence-corrected chi connectivity index (χ2v) is 7.35. The average molecular weight is 338 g/mol. The zero-order valence-corrected chi connectivity index (χ0v) is 14.7. The quantitative estimate of drug-likeness (QED) is 0.667. The summed E-state index contributed by atoms with van der Waals surface area (Å²) in [6, 6.07) is 8.80. The van der Waals surface area contributed by atoms with Crippen molar-refractivity contribution in [1.29, 1.82) is 0 Å². The van der Waals surface area contributed by atoms with Gasteiger partial charge in [0.05, 0.1) is 0 Å². The molecule has 1 saturated carbocycles. The van der Waals surface area contributed by atoms with Gasteiger partial charge in [0.1, 0.15) is 0 Å². The van der Waals surface area contributed by atoms with Gasteiger partial charge in [-0.3, -0.25) is 0 Å². The van der Waals surface area contributed by atoms with E-state index in [1.165, 1.54) is 42.1 Å². The molecule has 1 aliphatic carbocycles. The molecule has 0 amide bonds. The van der Waals surface area contributed by atoms with Crippen molar-refractivity contribution in [3.63, 3.8) is 0 Å². The predicted octanol–water partition coefficient (Wildman–Crippen LogP) is 5.29. The lowest BCUT2D eigenvalue weighted by molar-refractivity contribution is 0.0126. The van der Waals surface area contributed by atoms with Gasteiger partial charge in [0.2, 0.25) is 0 Å². The summed E-state index contributed by atoms with van der Waals surface area (Å²) in [7, 11) is 0. The predicted molar refractivity (Wildman–Crippen MR) is 91.2 cm³/mol. The first-order chi connectivity index (χ1) is 9.61. The maximum atomic E-state index is 3.77. The highest BCUT2D eigenvalue weighted by Crippen LogP contribution is 2.59. The molecule has 1 N–H and O–H groups in total. The van der Waals surface area contributed by atoms with Crippen molar-refractivity contribution in [3.05, 3.63) is 34.3 Å². The normalized spacial score (nSPS) is 19.6. The summed E-state index contributed by atoms with van der Waals surface area (Å²) >= 11 is 3.77. The van der Waals surface area contributed by atoms with Crippen LogP contribution in [0.2, 0.25) is 0 Å². The summed E-state index contributed by atoms with van der Waals surface area (Å²) in [5.41, 5.74) is 2.41. The van der Waals surface area contributed by atoms with Gasteiger partial charge in [0.15, 0.2) is 0 Å². The molecular formula is C18H28BrN. The second kappa shape index (κ2) is 6.62. The van der Waals surface area contributed by atoms with E-state index in [4.69, 9.17) is 0 Å². The minimum atomic E-state index is 0.335. The number of benzene rings is 1. The molecule has 0 aromatic heterocycles. The topological polar surface area (TPSA) is 12.0 Å². The Morgan fingerprint density at radius 3 is 2.30 bits per heavy atom. The molecule has 1 fully saturated rings. The van der Waals surface area contributed by atoms with Gasteiger partial charge in [-0.25, -0.2) is 0 Å². The number of nitrogens with one attached hydrogen (secondary N) is 1. The van der Waals surface area contributed by atoms with Crippen LogP contribution in [-0.4, -0.2) is 13.1 Å². The van der Waals surface area contributed by atoms with Gasteiger partial charge in [-0.2, -0.15) is 0 Å². The smallest absolute Gasteiger partial charge is 0.0213 e. The summed E-state index contributed by atoms with van der Waals surface area (Å²) in [5, 5.41) is 3.67. The molecule has 0 heterocycles. The Bertz CT molecular complexity index is 429. The van der Waals surface area contributed by atoms with Crippen molar-refractivity contribution in [2.45, 2.75) is 58.3 Å². The van der Waals surface area contributed by atoms with Gasteiger partial charge in [0.25, 0.3) is 0 Å². The second-order valence-electron chi connectivity index (χ2n) is 6.50. The van der Waals surface area contributed by atoms with Crippen LogP contribution >= 0.6 is 15.9 Å². The number of hydrogen-bond donors (Lipinski definition) is 1. The Balaban J connectivity index is 2.21. The molecule has 1 nitrogen and oxygen atoms in total. The Kier molecular flexibility index (Phi) is 5.30. The summed E-state index contributed by atoms with van der Waals surface area (Å²) in [6.07, 6.45) is 6.48. The SMILES string of the molecule is CCCNCC1(c2ccccc2Br)CC(CC)(CC)C1. The van der Waals surface area contributed by atoms with E-state index in [9.17, 15) is 0 Å². The lowest BCUT2D eigenvalue weighted by atomic mass is 9.48. The molecule has 1 aliphatic rings. The maximum absolute atomic E-state index is 3.77. The molecule has 2 heteroatoms. The highest BCUT2D eigenvalue weighted by Gasteiger charge is 2.53. The van der Waals surface area contributed by atoms with Gasteiger partial charge in [0, 0.05) is 16.4 Å². The largest absolute Gasteiger partial charge is 0.316 e. The highest BCUT2D eigenvalue weighted by molar-refractivity contribution is 9.10. The Morgan fingerprint density at radius 1 is 1.10 bits per heavy atom. The van der Waals surface area contributed by atoms with E-state index in [2.05, 4.69) is 66.3 Å². The van der Waals surface area contributed by atoms with Crippen molar-refractivity contribution in [2.24, 2.45) is 5.41 Å². The van der Waals surface area contributed by atoms with E-state index in [0.717, 1.165) is 13.1 Å². The van der Waals surface area contributed by atoms with Crippen LogP contribution in [0.5, 0.6) is 0 Å². The third kappa shape index (κ3) is 2.96. The van der Waals surface area contributed by atoms with Crippen LogP contribution in [0.4, 0.5) is 0 Å². The molecule has 0 spiro atoms. The van der Waals surface area contributed by atoms with Crippen molar-refractivity contribution < 1.29 is 0 Å². The molecule has 0 atom stereocenters. The minimum absolute atomic E-state index is 0.335. The Morgan fingerprint density at radius 2 is 1.75 bits per heavy atom. The first-order valence-electron chi connectivity index (χ1n) is 8.07. The molecular weight excluding hydrogens is 310 g/mol. The monoisotopic (exact) mass is 337 g/mol. The van der Waals surface area contributed by atoms with Crippen LogP contribution in [0.15, 0.2) is 28.7 Å². The van der Waals surface area contributed by atoms with E-state index in [0.29, 0.717) is 10.8 Å². The lowest BCUT2D eigenvalue weighted by Crippen LogP contribution is -2.54. The standard InChI is InChI=1S/C18H28BrN/c1-4-11-20-14-18(12-17(5-2,6-3)13-18)15-9-7-8-10-16(15)19/h7-10,20H,4-6,11-14H2,1-3H3. The van der Waals surface area contributed by atoms with E-state index < -0.39 is 0 Å². The Labute approximate surface area is 132 Å². The molecule has 0 bridgehead atoms. The zero-order chi connectivity index (χ0) is 14.6. The Hall–Kier alpha value is -0.340. The third-order valence-electron chi connectivity index (χ3n) is 5.26. The maximum Gasteiger partial charge on any atom is 0.0213 e. The van der Waals surface area contributed by atoms with Crippen molar-refractivity contribution in [3.8, 4) is 0 Å². The molecule has 112 valence electrons. The fraction of sp³-hybridized carbons (Fsp3) is 0.667. The van der Waals surface area contributed by atoms with Crippen molar-refractivity contribution in [2.75, 3.05) is 13.1 Å². The summed E-state index contributed by atoms with van der Waals surface area (Å²) in [4.78, 5) is 0. The van der Waals surface area contributed by atoms with Gasteiger partial charge >= 0.3 is 0 Å². The molecule has 20 heavy (non-hydrogen) atoms. The fourth-order valence-corrected chi connectivity index (χ4v) is 4.65. The number of hydrogen-bond acceptors (Lipinski definition) is 1. The van der Waals surface area contributed by atoms with Crippen LogP contribution in [0.1, 0.15) is 58.4 Å². The fourth-order valence-electron chi connectivity index (χ4n) is 3.94. The molecule has 1 aromatic rings. The molecule has 0 unspecified atom stereocenters. The van der Waals surface area contributed by atoms with E-state index in [-0.39, 0.29) is 0 Å². The van der Waals surface area contributed by atoms with Gasteiger partial charge in [-0.05, 0) is 42.9 Å². The van der Waals surface area contributed by atoms with Crippen molar-refractivity contribution in [1.82, 2.24) is 5.32 Å². The van der Waals surface area contributed by atoms with Crippen LogP contribution < -0.4 is 5.32 Å². The van der Waals surface area contributed by atoms with Gasteiger partial charge in [-0.15, -0.1) is 0 Å². The molecule has 0 aliphatic heterocycles. The van der Waals surface area contributed by atoms with Crippen LogP contribution in [0.25, 0.3) is 0 Å². The molecule has 2 rings (SSSR count). The van der Waals surface area contributed by atoms with Gasteiger partial charge in [-0.1, -0.05) is 67.7 Å². The zero-order valence-electron chi connectivity index (χ0n) is 13.1. The molecule has 0 saturated heterocycles. The summed E-state index contributed by atoms with van der Waals surface area (Å²) in [6.45, 7) is 9.18. The van der Waals surface area contributed by atoms with Gasteiger partial charge < -0.3 is 5.32 Å². The van der Waals surface area contributed by atoms with E-state index in [1.807, 2.05) is 0 Å². The number of rotatable bonds is 7. The lowest BCUT2D eigenvalue weighted by Gasteiger charge is -2.57. The first-order valence-corrected chi connectivity index (χ1v) is 8.86. The van der Waals surface area contributed by atoms with Crippen LogP contribution in [0.3, 0.4) is 0 Å². The van der Waals surface area contributed by atoms with E-state index >= 15 is 0 Å². The van der Waals surface area contributed by atoms with E-state index in [1.54, 1.807) is 0 Å². The summed E-state index contributed by atoms with van der Waals surface area (Å²) in [5.74, 6) is 0.